The second-order valence-electron chi connectivity index (χ2n) is 3.72. The van der Waals surface area contributed by atoms with Gasteiger partial charge in [0.15, 0.2) is 5.17 Å². The van der Waals surface area contributed by atoms with Crippen LogP contribution in [0.15, 0.2) is 46.0 Å². The van der Waals surface area contributed by atoms with Crippen LogP contribution in [0.5, 0.6) is 0 Å². The van der Waals surface area contributed by atoms with Gasteiger partial charge in [-0.1, -0.05) is 29.4 Å². The normalized spacial score (nSPS) is 11.8. The van der Waals surface area contributed by atoms with E-state index in [1.165, 1.54) is 17.8 Å². The van der Waals surface area contributed by atoms with Crippen LogP contribution in [0.4, 0.5) is 4.39 Å². The molecule has 0 saturated carbocycles. The third-order valence-corrected chi connectivity index (χ3v) is 3.61. The fourth-order valence-electron chi connectivity index (χ4n) is 1.42. The van der Waals surface area contributed by atoms with Gasteiger partial charge in [0.1, 0.15) is 11.6 Å². The van der Waals surface area contributed by atoms with E-state index in [2.05, 4.69) is 4.99 Å². The number of furan rings is 1. The Hall–Kier alpha value is -1.46. The molecule has 1 aromatic carbocycles. The van der Waals surface area contributed by atoms with Crippen molar-refractivity contribution >= 4 is 28.5 Å². The molecule has 0 atom stereocenters. The maximum Gasteiger partial charge on any atom is 0.154 e. The molecule has 0 aliphatic heterocycles. The van der Waals surface area contributed by atoms with E-state index in [4.69, 9.17) is 21.8 Å². The van der Waals surface area contributed by atoms with Crippen LogP contribution >= 0.6 is 23.4 Å². The molecule has 0 saturated heterocycles. The molecule has 2 N–H and O–H groups in total. The molecule has 0 radical (unpaired) electrons. The third-order valence-electron chi connectivity index (χ3n) is 2.40. The first-order chi connectivity index (χ1) is 9.16. The van der Waals surface area contributed by atoms with Crippen molar-refractivity contribution in [3.63, 3.8) is 0 Å². The molecule has 0 aliphatic carbocycles. The van der Waals surface area contributed by atoms with Gasteiger partial charge in [0, 0.05) is 16.3 Å². The first-order valence-corrected chi connectivity index (χ1v) is 6.91. The molecular weight excluding hydrogens is 287 g/mol. The fraction of sp³-hybridized carbons (Fsp3) is 0.154. The van der Waals surface area contributed by atoms with Crippen molar-refractivity contribution in [2.75, 3.05) is 0 Å². The van der Waals surface area contributed by atoms with Crippen LogP contribution in [0.3, 0.4) is 0 Å². The van der Waals surface area contributed by atoms with E-state index < -0.39 is 0 Å². The molecule has 0 unspecified atom stereocenters. The Labute approximate surface area is 119 Å². The van der Waals surface area contributed by atoms with Crippen LogP contribution in [0.25, 0.3) is 0 Å². The summed E-state index contributed by atoms with van der Waals surface area (Å²) in [7, 11) is 0. The minimum Gasteiger partial charge on any atom is -0.467 e. The minimum absolute atomic E-state index is 0.334. The average molecular weight is 299 g/mol. The van der Waals surface area contributed by atoms with E-state index in [-0.39, 0.29) is 5.82 Å². The van der Waals surface area contributed by atoms with Crippen molar-refractivity contribution in [3.05, 3.63) is 58.8 Å². The monoisotopic (exact) mass is 298 g/mol. The Morgan fingerprint density at radius 1 is 1.37 bits per heavy atom. The highest BCUT2D eigenvalue weighted by Gasteiger charge is 2.07. The lowest BCUT2D eigenvalue weighted by Crippen LogP contribution is -2.07. The molecule has 3 nitrogen and oxygen atoms in total. The summed E-state index contributed by atoms with van der Waals surface area (Å²) in [6.07, 6.45) is 1.58. The van der Waals surface area contributed by atoms with Crippen LogP contribution in [0.2, 0.25) is 5.02 Å². The van der Waals surface area contributed by atoms with E-state index in [9.17, 15) is 4.39 Å². The molecule has 1 aromatic heterocycles. The number of thioether (sulfide) groups is 1. The zero-order chi connectivity index (χ0) is 13.7. The van der Waals surface area contributed by atoms with Crippen molar-refractivity contribution in [1.29, 1.82) is 0 Å². The highest BCUT2D eigenvalue weighted by atomic mass is 35.5. The second-order valence-corrected chi connectivity index (χ2v) is 5.13. The number of amidine groups is 1. The van der Waals surface area contributed by atoms with Crippen LogP contribution in [-0.2, 0) is 12.3 Å². The summed E-state index contributed by atoms with van der Waals surface area (Å²) in [4.78, 5) is 4.14. The van der Waals surface area contributed by atoms with E-state index in [0.29, 0.717) is 28.1 Å². The van der Waals surface area contributed by atoms with E-state index in [1.54, 1.807) is 24.5 Å². The van der Waals surface area contributed by atoms with Gasteiger partial charge in [-0.25, -0.2) is 4.39 Å². The molecule has 0 bridgehead atoms. The van der Waals surface area contributed by atoms with E-state index in [0.717, 1.165) is 5.76 Å². The number of nitrogens with two attached hydrogens (primary N) is 1. The van der Waals surface area contributed by atoms with E-state index in [1.807, 2.05) is 6.07 Å². The van der Waals surface area contributed by atoms with Crippen molar-refractivity contribution < 1.29 is 8.81 Å². The summed E-state index contributed by atoms with van der Waals surface area (Å²) >= 11 is 7.16. The molecule has 6 heteroatoms. The molecule has 0 fully saturated rings. The zero-order valence-electron chi connectivity index (χ0n) is 9.98. The molecule has 2 aromatic rings. The third kappa shape index (κ3) is 4.01. The molecule has 19 heavy (non-hydrogen) atoms. The summed E-state index contributed by atoms with van der Waals surface area (Å²) in [5.74, 6) is 0.741. The van der Waals surface area contributed by atoms with Gasteiger partial charge < -0.3 is 10.2 Å². The molecule has 0 spiro atoms. The standard InChI is InChI=1S/C13H12ClFN2OS/c14-11-4-1-5-12(15)10(11)8-19-13(16)17-7-9-3-2-6-18-9/h1-6H,7-8H2,(H2,16,17). The Bertz CT molecular complexity index is 552. The highest BCUT2D eigenvalue weighted by molar-refractivity contribution is 8.13. The first kappa shape index (κ1) is 14.0. The molecule has 0 aliphatic rings. The van der Waals surface area contributed by atoms with Crippen LogP contribution in [-0.4, -0.2) is 5.17 Å². The van der Waals surface area contributed by atoms with Crippen molar-refractivity contribution in [1.82, 2.24) is 0 Å². The van der Waals surface area contributed by atoms with Crippen LogP contribution in [0, 0.1) is 5.82 Å². The Morgan fingerprint density at radius 2 is 2.21 bits per heavy atom. The first-order valence-electron chi connectivity index (χ1n) is 5.55. The molecule has 2 rings (SSSR count). The summed E-state index contributed by atoms with van der Waals surface area (Å²) in [5, 5.41) is 0.766. The quantitative estimate of drug-likeness (QED) is 0.689. The lowest BCUT2D eigenvalue weighted by molar-refractivity contribution is 0.513. The summed E-state index contributed by atoms with van der Waals surface area (Å²) < 4.78 is 18.6. The largest absolute Gasteiger partial charge is 0.467 e. The van der Waals surface area contributed by atoms with Gasteiger partial charge >= 0.3 is 0 Å². The van der Waals surface area contributed by atoms with Gasteiger partial charge in [0.2, 0.25) is 0 Å². The topological polar surface area (TPSA) is 51.5 Å². The number of aliphatic imine (C=N–C) groups is 1. The molecule has 100 valence electrons. The zero-order valence-corrected chi connectivity index (χ0v) is 11.5. The smallest absolute Gasteiger partial charge is 0.154 e. The lowest BCUT2D eigenvalue weighted by atomic mass is 10.2. The number of hydrogen-bond donors (Lipinski definition) is 1. The van der Waals surface area contributed by atoms with Crippen molar-refractivity contribution in [3.8, 4) is 0 Å². The fourth-order valence-corrected chi connectivity index (χ4v) is 2.47. The Balaban J connectivity index is 1.93. The van der Waals surface area contributed by atoms with Crippen LogP contribution in [0.1, 0.15) is 11.3 Å². The van der Waals surface area contributed by atoms with Gasteiger partial charge in [0.05, 0.1) is 12.8 Å². The predicted octanol–water partition coefficient (Wildman–Crippen LogP) is 3.82. The Kier molecular flexibility index (Phi) is 4.87. The molecule has 0 amide bonds. The maximum absolute atomic E-state index is 13.5. The number of nitrogens with zero attached hydrogens (tertiary/aromatic N) is 1. The van der Waals surface area contributed by atoms with Gasteiger partial charge in [0.25, 0.3) is 0 Å². The number of rotatable bonds is 4. The summed E-state index contributed by atoms with van der Waals surface area (Å²) in [6.45, 7) is 0.372. The van der Waals surface area contributed by atoms with E-state index >= 15 is 0 Å². The average Bonchev–Trinajstić information content (AvgIpc) is 2.89. The predicted molar refractivity (Wildman–Crippen MR) is 76.7 cm³/mol. The van der Waals surface area contributed by atoms with Gasteiger partial charge in [-0.15, -0.1) is 0 Å². The summed E-state index contributed by atoms with van der Waals surface area (Å²) in [6, 6.07) is 8.19. The van der Waals surface area contributed by atoms with Crippen molar-refractivity contribution in [2.45, 2.75) is 12.3 Å². The minimum atomic E-state index is -0.334. The number of benzene rings is 1. The SMILES string of the molecule is NC(=NCc1ccco1)SCc1c(F)cccc1Cl. The van der Waals surface area contributed by atoms with Gasteiger partial charge in [-0.05, 0) is 24.3 Å². The highest BCUT2D eigenvalue weighted by Crippen LogP contribution is 2.23. The van der Waals surface area contributed by atoms with Gasteiger partial charge in [-0.3, -0.25) is 4.99 Å². The second kappa shape index (κ2) is 6.63. The van der Waals surface area contributed by atoms with Crippen LogP contribution < -0.4 is 5.73 Å². The maximum atomic E-state index is 13.5. The lowest BCUT2D eigenvalue weighted by Gasteiger charge is -2.05. The molecule has 1 heterocycles. The van der Waals surface area contributed by atoms with Crippen molar-refractivity contribution in [2.24, 2.45) is 10.7 Å². The number of halogens is 2. The Morgan fingerprint density at radius 3 is 2.89 bits per heavy atom. The van der Waals surface area contributed by atoms with Gasteiger partial charge in [-0.2, -0.15) is 0 Å². The number of hydrogen-bond acceptors (Lipinski definition) is 3. The molecular formula is C13H12ClFN2OS. The summed E-state index contributed by atoms with van der Waals surface area (Å²) in [5.41, 5.74) is 6.18.